The van der Waals surface area contributed by atoms with E-state index < -0.39 is 10.0 Å². The molecule has 1 aromatic carbocycles. The molecule has 112 valence electrons. The summed E-state index contributed by atoms with van der Waals surface area (Å²) in [7, 11) is -3.27. The van der Waals surface area contributed by atoms with E-state index in [-0.39, 0.29) is 11.9 Å². The number of piperidine rings is 1. The molecule has 6 heteroatoms. The van der Waals surface area contributed by atoms with Gasteiger partial charge in [-0.3, -0.25) is 0 Å². The van der Waals surface area contributed by atoms with Crippen LogP contribution in [0.3, 0.4) is 0 Å². The summed E-state index contributed by atoms with van der Waals surface area (Å²) in [6.45, 7) is 3.72. The molecule has 1 heterocycles. The molecule has 0 spiro atoms. The number of nitrogens with two attached hydrogens (primary N) is 1. The molecule has 1 aromatic rings. The molecule has 1 aliphatic rings. The normalized spacial score (nSPS) is 18.2. The van der Waals surface area contributed by atoms with E-state index >= 15 is 0 Å². The molecular formula is C14H22N2O3S. The third-order valence-electron chi connectivity index (χ3n) is 3.50. The highest BCUT2D eigenvalue weighted by molar-refractivity contribution is 7.88. The molecule has 0 bridgehead atoms. The highest BCUT2D eigenvalue weighted by Gasteiger charge is 2.28. The van der Waals surface area contributed by atoms with E-state index in [1.807, 2.05) is 6.92 Å². The Kier molecular flexibility index (Phi) is 5.01. The van der Waals surface area contributed by atoms with Crippen LogP contribution in [0.1, 0.15) is 25.3 Å². The van der Waals surface area contributed by atoms with E-state index in [1.165, 1.54) is 0 Å². The van der Waals surface area contributed by atoms with Gasteiger partial charge in [-0.15, -0.1) is 0 Å². The monoisotopic (exact) mass is 298 g/mol. The number of benzene rings is 1. The molecule has 2 rings (SSSR count). The molecule has 0 atom stereocenters. The highest BCUT2D eigenvalue weighted by atomic mass is 32.2. The number of rotatable bonds is 5. The number of nitrogens with zero attached hydrogens (tertiary/aromatic N) is 1. The SMILES string of the molecule is CCOC1CCN(S(=O)(=O)Cc2cccc(N)c2)CC1. The fourth-order valence-electron chi connectivity index (χ4n) is 2.50. The molecule has 20 heavy (non-hydrogen) atoms. The van der Waals surface area contributed by atoms with E-state index in [0.717, 1.165) is 18.4 Å². The van der Waals surface area contributed by atoms with Crippen LogP contribution in [0.25, 0.3) is 0 Å². The maximum absolute atomic E-state index is 12.4. The fourth-order valence-corrected chi connectivity index (χ4v) is 4.05. The number of sulfonamides is 1. The first kappa shape index (κ1) is 15.3. The lowest BCUT2D eigenvalue weighted by Gasteiger charge is -2.31. The number of hydrogen-bond acceptors (Lipinski definition) is 4. The molecule has 2 N–H and O–H groups in total. The zero-order chi connectivity index (χ0) is 14.6. The molecule has 1 aliphatic heterocycles. The molecular weight excluding hydrogens is 276 g/mol. The van der Waals surface area contributed by atoms with Crippen molar-refractivity contribution < 1.29 is 13.2 Å². The summed E-state index contributed by atoms with van der Waals surface area (Å²) < 4.78 is 31.9. The Bertz CT molecular complexity index is 537. The van der Waals surface area contributed by atoms with Crippen LogP contribution in [0.5, 0.6) is 0 Å². The molecule has 5 nitrogen and oxygen atoms in total. The Morgan fingerprint density at radius 2 is 2.05 bits per heavy atom. The Labute approximate surface area is 120 Å². The van der Waals surface area contributed by atoms with E-state index in [4.69, 9.17) is 10.5 Å². The first-order chi connectivity index (χ1) is 9.51. The first-order valence-corrected chi connectivity index (χ1v) is 8.56. The third-order valence-corrected chi connectivity index (χ3v) is 5.35. The van der Waals surface area contributed by atoms with Crippen molar-refractivity contribution in [1.82, 2.24) is 4.31 Å². The first-order valence-electron chi connectivity index (χ1n) is 6.95. The van der Waals surface area contributed by atoms with Gasteiger partial charge in [0.25, 0.3) is 0 Å². The second-order valence-corrected chi connectivity index (χ2v) is 7.02. The Hall–Kier alpha value is -1.11. The van der Waals surface area contributed by atoms with Gasteiger partial charge < -0.3 is 10.5 Å². The fraction of sp³-hybridized carbons (Fsp3) is 0.571. The van der Waals surface area contributed by atoms with Gasteiger partial charge in [-0.1, -0.05) is 12.1 Å². The predicted molar refractivity (Wildman–Crippen MR) is 79.7 cm³/mol. The summed E-state index contributed by atoms with van der Waals surface area (Å²) in [5.41, 5.74) is 7.01. The second kappa shape index (κ2) is 6.56. The van der Waals surface area contributed by atoms with Gasteiger partial charge in [-0.2, -0.15) is 0 Å². The Morgan fingerprint density at radius 1 is 1.35 bits per heavy atom. The van der Waals surface area contributed by atoms with Gasteiger partial charge in [-0.05, 0) is 37.5 Å². The summed E-state index contributed by atoms with van der Waals surface area (Å²) in [4.78, 5) is 0. The van der Waals surface area contributed by atoms with Crippen LogP contribution in [0.4, 0.5) is 5.69 Å². The summed E-state index contributed by atoms with van der Waals surface area (Å²) in [5, 5.41) is 0. The molecule has 0 radical (unpaired) electrons. The number of anilines is 1. The largest absolute Gasteiger partial charge is 0.399 e. The molecule has 0 amide bonds. The smallest absolute Gasteiger partial charge is 0.218 e. The molecule has 0 aromatic heterocycles. The van der Waals surface area contributed by atoms with Crippen LogP contribution in [-0.2, 0) is 20.5 Å². The van der Waals surface area contributed by atoms with Crippen molar-refractivity contribution in [2.24, 2.45) is 0 Å². The molecule has 1 fully saturated rings. The average Bonchev–Trinajstić information content (AvgIpc) is 2.39. The summed E-state index contributed by atoms with van der Waals surface area (Å²) in [6.07, 6.45) is 1.73. The molecule has 1 saturated heterocycles. The lowest BCUT2D eigenvalue weighted by atomic mass is 10.1. The standard InChI is InChI=1S/C14H22N2O3S/c1-2-19-14-6-8-16(9-7-14)20(17,18)11-12-4-3-5-13(15)10-12/h3-5,10,14H,2,6-9,11,15H2,1H3. The van der Waals surface area contributed by atoms with Crippen LogP contribution in [0.2, 0.25) is 0 Å². The topological polar surface area (TPSA) is 72.6 Å². The summed E-state index contributed by atoms with van der Waals surface area (Å²) in [5.74, 6) is 0.0113. The van der Waals surface area contributed by atoms with Crippen molar-refractivity contribution in [1.29, 1.82) is 0 Å². The Balaban J connectivity index is 1.98. The molecule has 0 unspecified atom stereocenters. The molecule has 0 saturated carbocycles. The van der Waals surface area contributed by atoms with Crippen molar-refractivity contribution in [2.45, 2.75) is 31.6 Å². The predicted octanol–water partition coefficient (Wildman–Crippen LogP) is 1.60. The molecule has 0 aliphatic carbocycles. The van der Waals surface area contributed by atoms with Crippen molar-refractivity contribution >= 4 is 15.7 Å². The number of ether oxygens (including phenoxy) is 1. The minimum absolute atomic E-state index is 0.0113. The van der Waals surface area contributed by atoms with Gasteiger partial charge in [0.15, 0.2) is 0 Å². The van der Waals surface area contributed by atoms with Gasteiger partial charge in [-0.25, -0.2) is 12.7 Å². The minimum Gasteiger partial charge on any atom is -0.399 e. The maximum Gasteiger partial charge on any atom is 0.218 e. The van der Waals surface area contributed by atoms with Crippen molar-refractivity contribution in [3.63, 3.8) is 0 Å². The summed E-state index contributed by atoms with van der Waals surface area (Å²) in [6, 6.07) is 7.04. The van der Waals surface area contributed by atoms with E-state index in [2.05, 4.69) is 0 Å². The van der Waals surface area contributed by atoms with Crippen LogP contribution in [0.15, 0.2) is 24.3 Å². The van der Waals surface area contributed by atoms with E-state index in [0.29, 0.717) is 25.4 Å². The quantitative estimate of drug-likeness (QED) is 0.838. The third kappa shape index (κ3) is 3.94. The van der Waals surface area contributed by atoms with Gasteiger partial charge >= 0.3 is 0 Å². The van der Waals surface area contributed by atoms with Crippen LogP contribution < -0.4 is 5.73 Å². The van der Waals surface area contributed by atoms with Gasteiger partial charge in [0, 0.05) is 25.4 Å². The minimum atomic E-state index is -3.27. The van der Waals surface area contributed by atoms with Crippen LogP contribution in [0, 0.1) is 0 Å². The number of hydrogen-bond donors (Lipinski definition) is 1. The number of nitrogen functional groups attached to an aromatic ring is 1. The van der Waals surface area contributed by atoms with Crippen LogP contribution in [-0.4, -0.2) is 38.5 Å². The zero-order valence-electron chi connectivity index (χ0n) is 11.8. The lowest BCUT2D eigenvalue weighted by molar-refractivity contribution is 0.0290. The van der Waals surface area contributed by atoms with Gasteiger partial charge in [0.1, 0.15) is 0 Å². The van der Waals surface area contributed by atoms with Crippen molar-refractivity contribution in [3.8, 4) is 0 Å². The second-order valence-electron chi connectivity index (χ2n) is 5.06. The van der Waals surface area contributed by atoms with Crippen LogP contribution >= 0.6 is 0 Å². The lowest BCUT2D eigenvalue weighted by Crippen LogP contribution is -2.41. The van der Waals surface area contributed by atoms with Crippen molar-refractivity contribution in [2.75, 3.05) is 25.4 Å². The van der Waals surface area contributed by atoms with E-state index in [1.54, 1.807) is 28.6 Å². The van der Waals surface area contributed by atoms with Gasteiger partial charge in [0.05, 0.1) is 11.9 Å². The maximum atomic E-state index is 12.4. The summed E-state index contributed by atoms with van der Waals surface area (Å²) >= 11 is 0. The zero-order valence-corrected chi connectivity index (χ0v) is 12.6. The Morgan fingerprint density at radius 3 is 2.65 bits per heavy atom. The van der Waals surface area contributed by atoms with Gasteiger partial charge in [0.2, 0.25) is 10.0 Å². The highest BCUT2D eigenvalue weighted by Crippen LogP contribution is 2.20. The van der Waals surface area contributed by atoms with Crippen molar-refractivity contribution in [3.05, 3.63) is 29.8 Å². The van der Waals surface area contributed by atoms with E-state index in [9.17, 15) is 8.42 Å². The average molecular weight is 298 g/mol.